The predicted octanol–water partition coefficient (Wildman–Crippen LogP) is 3.71. The second kappa shape index (κ2) is 4.95. The highest BCUT2D eigenvalue weighted by Crippen LogP contribution is 2.33. The van der Waals surface area contributed by atoms with Crippen LogP contribution in [0.3, 0.4) is 0 Å². The maximum atomic E-state index is 10.7. The van der Waals surface area contributed by atoms with Gasteiger partial charge in [-0.25, -0.2) is 0 Å². The van der Waals surface area contributed by atoms with Crippen molar-refractivity contribution in [1.29, 1.82) is 0 Å². The number of benzene rings is 2. The Hall–Kier alpha value is -1.80. The van der Waals surface area contributed by atoms with Gasteiger partial charge in [-0.15, -0.1) is 0 Å². The molecule has 1 heterocycles. The Labute approximate surface area is 120 Å². The molecular weight excluding hydrogens is 248 g/mol. The molecule has 0 fully saturated rings. The lowest BCUT2D eigenvalue weighted by molar-refractivity contribution is 0.219. The third-order valence-corrected chi connectivity index (χ3v) is 4.18. The molecule has 2 heteroatoms. The number of hydrogen-bond donors (Lipinski definition) is 1. The first-order valence-corrected chi connectivity index (χ1v) is 7.10. The Balaban J connectivity index is 1.97. The van der Waals surface area contributed by atoms with Crippen molar-refractivity contribution in [2.45, 2.75) is 39.4 Å². The summed E-state index contributed by atoms with van der Waals surface area (Å²) in [6.07, 6.45) is 0.581. The molecule has 0 spiro atoms. The van der Waals surface area contributed by atoms with Crippen LogP contribution in [0.1, 0.15) is 40.8 Å². The van der Waals surface area contributed by atoms with Crippen molar-refractivity contribution in [3.05, 3.63) is 64.2 Å². The minimum atomic E-state index is -0.573. The summed E-state index contributed by atoms with van der Waals surface area (Å²) >= 11 is 0. The van der Waals surface area contributed by atoms with Gasteiger partial charge in [-0.05, 0) is 60.7 Å². The van der Waals surface area contributed by atoms with E-state index in [-0.39, 0.29) is 6.10 Å². The summed E-state index contributed by atoms with van der Waals surface area (Å²) in [7, 11) is 0. The Morgan fingerprint density at radius 1 is 1.20 bits per heavy atom. The van der Waals surface area contributed by atoms with Crippen molar-refractivity contribution in [2.75, 3.05) is 0 Å². The molecule has 3 rings (SSSR count). The molecule has 1 aliphatic heterocycles. The minimum absolute atomic E-state index is 0.234. The first kappa shape index (κ1) is 13.2. The number of hydrogen-bond acceptors (Lipinski definition) is 2. The smallest absolute Gasteiger partial charge is 0.123 e. The number of aliphatic hydroxyl groups is 1. The lowest BCUT2D eigenvalue weighted by Gasteiger charge is -2.16. The van der Waals surface area contributed by atoms with Crippen LogP contribution in [0.15, 0.2) is 36.4 Å². The first-order valence-electron chi connectivity index (χ1n) is 7.10. The highest BCUT2D eigenvalue weighted by atomic mass is 16.5. The van der Waals surface area contributed by atoms with Gasteiger partial charge in [-0.1, -0.05) is 24.3 Å². The van der Waals surface area contributed by atoms with Gasteiger partial charge in [0.05, 0.1) is 0 Å². The van der Waals surface area contributed by atoms with Gasteiger partial charge < -0.3 is 9.84 Å². The third kappa shape index (κ3) is 2.20. The van der Waals surface area contributed by atoms with E-state index in [0.717, 1.165) is 28.9 Å². The molecule has 2 nitrogen and oxygen atoms in total. The highest BCUT2D eigenvalue weighted by molar-refractivity contribution is 5.45. The van der Waals surface area contributed by atoms with Gasteiger partial charge in [0.25, 0.3) is 0 Å². The second-order valence-corrected chi connectivity index (χ2v) is 5.69. The van der Waals surface area contributed by atoms with Crippen LogP contribution in [0.4, 0.5) is 0 Å². The Kier molecular flexibility index (Phi) is 3.27. The largest absolute Gasteiger partial charge is 0.490 e. The monoisotopic (exact) mass is 268 g/mol. The van der Waals surface area contributed by atoms with Crippen molar-refractivity contribution >= 4 is 0 Å². The van der Waals surface area contributed by atoms with Crippen LogP contribution in [-0.2, 0) is 6.42 Å². The van der Waals surface area contributed by atoms with Gasteiger partial charge in [0, 0.05) is 6.42 Å². The van der Waals surface area contributed by atoms with Crippen LogP contribution >= 0.6 is 0 Å². The van der Waals surface area contributed by atoms with E-state index in [4.69, 9.17) is 4.74 Å². The maximum absolute atomic E-state index is 10.7. The molecule has 2 aromatic rings. The summed E-state index contributed by atoms with van der Waals surface area (Å²) in [5.74, 6) is 0.953. The zero-order valence-corrected chi connectivity index (χ0v) is 12.2. The van der Waals surface area contributed by atoms with E-state index in [9.17, 15) is 5.11 Å². The van der Waals surface area contributed by atoms with E-state index in [1.165, 1.54) is 11.1 Å². The van der Waals surface area contributed by atoms with Gasteiger partial charge >= 0.3 is 0 Å². The molecule has 2 aromatic carbocycles. The zero-order chi connectivity index (χ0) is 14.3. The molecule has 20 heavy (non-hydrogen) atoms. The SMILES string of the molecule is Cc1cccc(C(O)c2ccc3c(c2)CC(C)O3)c1C. The molecule has 0 amide bonds. The maximum Gasteiger partial charge on any atom is 0.123 e. The Bertz CT molecular complexity index is 646. The minimum Gasteiger partial charge on any atom is -0.490 e. The van der Waals surface area contributed by atoms with Crippen molar-refractivity contribution in [1.82, 2.24) is 0 Å². The first-order chi connectivity index (χ1) is 9.56. The van der Waals surface area contributed by atoms with Crippen LogP contribution in [0.5, 0.6) is 5.75 Å². The molecule has 0 bridgehead atoms. The van der Waals surface area contributed by atoms with E-state index in [2.05, 4.69) is 32.9 Å². The lowest BCUT2D eigenvalue weighted by Crippen LogP contribution is -2.05. The normalized spacial score (nSPS) is 18.5. The number of aliphatic hydroxyl groups excluding tert-OH is 1. The van der Waals surface area contributed by atoms with E-state index in [0.29, 0.717) is 0 Å². The van der Waals surface area contributed by atoms with Gasteiger partial charge in [-0.2, -0.15) is 0 Å². The number of fused-ring (bicyclic) bond motifs is 1. The van der Waals surface area contributed by atoms with E-state index in [1.54, 1.807) is 0 Å². The van der Waals surface area contributed by atoms with Crippen LogP contribution in [-0.4, -0.2) is 11.2 Å². The predicted molar refractivity (Wildman–Crippen MR) is 80.2 cm³/mol. The van der Waals surface area contributed by atoms with Gasteiger partial charge in [0.2, 0.25) is 0 Å². The average molecular weight is 268 g/mol. The standard InChI is InChI=1S/C18H20O2/c1-11-5-4-6-16(13(11)3)18(19)14-7-8-17-15(10-14)9-12(2)20-17/h4-8,10,12,18-19H,9H2,1-3H3. The Morgan fingerprint density at radius 2 is 2.00 bits per heavy atom. The molecule has 2 unspecified atom stereocenters. The van der Waals surface area contributed by atoms with Gasteiger partial charge in [0.1, 0.15) is 18.0 Å². The summed E-state index contributed by atoms with van der Waals surface area (Å²) in [5.41, 5.74) is 5.48. The summed E-state index contributed by atoms with van der Waals surface area (Å²) < 4.78 is 5.71. The summed E-state index contributed by atoms with van der Waals surface area (Å²) in [5, 5.41) is 10.7. The van der Waals surface area contributed by atoms with Crippen LogP contribution in [0, 0.1) is 13.8 Å². The molecule has 1 aliphatic rings. The highest BCUT2D eigenvalue weighted by Gasteiger charge is 2.21. The summed E-state index contributed by atoms with van der Waals surface area (Å²) in [6, 6.07) is 12.1. The van der Waals surface area contributed by atoms with E-state index < -0.39 is 6.10 Å². The zero-order valence-electron chi connectivity index (χ0n) is 12.2. The molecule has 0 aliphatic carbocycles. The van der Waals surface area contributed by atoms with Crippen LogP contribution in [0.25, 0.3) is 0 Å². The molecule has 0 saturated heterocycles. The molecular formula is C18H20O2. The van der Waals surface area contributed by atoms with Crippen molar-refractivity contribution in [3.63, 3.8) is 0 Å². The summed E-state index contributed by atoms with van der Waals surface area (Å²) in [6.45, 7) is 6.21. The second-order valence-electron chi connectivity index (χ2n) is 5.69. The molecule has 1 N–H and O–H groups in total. The van der Waals surface area contributed by atoms with E-state index in [1.807, 2.05) is 24.3 Å². The number of aryl methyl sites for hydroxylation is 1. The average Bonchev–Trinajstić information content (AvgIpc) is 2.80. The number of ether oxygens (including phenoxy) is 1. The fraction of sp³-hybridized carbons (Fsp3) is 0.333. The quantitative estimate of drug-likeness (QED) is 0.899. The fourth-order valence-electron chi connectivity index (χ4n) is 2.86. The van der Waals surface area contributed by atoms with Crippen molar-refractivity contribution < 1.29 is 9.84 Å². The third-order valence-electron chi connectivity index (χ3n) is 4.18. The van der Waals surface area contributed by atoms with Gasteiger partial charge in [0.15, 0.2) is 0 Å². The van der Waals surface area contributed by atoms with E-state index >= 15 is 0 Å². The summed E-state index contributed by atoms with van der Waals surface area (Å²) in [4.78, 5) is 0. The molecule has 0 saturated carbocycles. The van der Waals surface area contributed by atoms with Gasteiger partial charge in [-0.3, -0.25) is 0 Å². The van der Waals surface area contributed by atoms with Crippen molar-refractivity contribution in [3.8, 4) is 5.75 Å². The molecule has 0 aromatic heterocycles. The molecule has 0 radical (unpaired) electrons. The Morgan fingerprint density at radius 3 is 2.80 bits per heavy atom. The lowest BCUT2D eigenvalue weighted by atomic mass is 9.93. The van der Waals surface area contributed by atoms with Crippen LogP contribution < -0.4 is 4.74 Å². The fourth-order valence-corrected chi connectivity index (χ4v) is 2.86. The molecule has 104 valence electrons. The topological polar surface area (TPSA) is 29.5 Å². The van der Waals surface area contributed by atoms with Crippen molar-refractivity contribution in [2.24, 2.45) is 0 Å². The number of rotatable bonds is 2. The van der Waals surface area contributed by atoms with Crippen LogP contribution in [0.2, 0.25) is 0 Å². The molecule has 2 atom stereocenters.